The van der Waals surface area contributed by atoms with E-state index in [1.807, 2.05) is 0 Å². The second-order valence-corrected chi connectivity index (χ2v) is 12.2. The molecule has 4 aromatic heterocycles. The molecule has 266 valence electrons. The highest BCUT2D eigenvalue weighted by molar-refractivity contribution is 6.31. The minimum Gasteiger partial charge on any atom is -0.507 e. The second-order valence-electron chi connectivity index (χ2n) is 11.7. The van der Waals surface area contributed by atoms with Crippen LogP contribution in [0.3, 0.4) is 0 Å². The summed E-state index contributed by atoms with van der Waals surface area (Å²) in [5.74, 6) is -22.6. The van der Waals surface area contributed by atoms with E-state index in [-0.39, 0.29) is 66.4 Å². The molecule has 7 aromatic rings. The smallest absolute Gasteiger partial charge is 0.200 e. The quantitative estimate of drug-likeness (QED) is 0.0823. The van der Waals surface area contributed by atoms with Gasteiger partial charge in [-0.1, -0.05) is 11.6 Å². The average molecular weight is 757 g/mol. The number of aromatic nitrogens is 4. The molecule has 0 amide bonds. The summed E-state index contributed by atoms with van der Waals surface area (Å²) in [5.41, 5.74) is -4.56. The number of phenols is 1. The summed E-state index contributed by atoms with van der Waals surface area (Å²) in [6, 6.07) is 11.6. The Bertz CT molecular complexity index is 2840. The molecule has 0 atom stereocenters. The van der Waals surface area contributed by atoms with Crippen LogP contribution in [0, 0.1) is 58.2 Å². The van der Waals surface area contributed by atoms with Crippen molar-refractivity contribution >= 4 is 56.9 Å². The van der Waals surface area contributed by atoms with E-state index >= 15 is 17.6 Å². The number of fused-ring (bicyclic) bond motifs is 9. The summed E-state index contributed by atoms with van der Waals surface area (Å²) >= 11 is 6.27. The standard InChI is InChI=1S/C37H15ClF10N4O/c38-12-1-10-22(53)13(11-12)23-16-6-8-20(51-16)24(26-28(39)32(43)36(47)33(44)29(26)40)18-4-2-14(49-18)15-3-5-19(50-15)25(21-9-7-17(23)52-21)27-30(41)34(45)37(48)35(46)31(27)42/h1-11,49,51-53H. The van der Waals surface area contributed by atoms with Crippen molar-refractivity contribution in [1.29, 1.82) is 0 Å². The van der Waals surface area contributed by atoms with Crippen molar-refractivity contribution in [3.05, 3.63) is 129 Å². The van der Waals surface area contributed by atoms with Crippen LogP contribution in [0.5, 0.6) is 5.75 Å². The van der Waals surface area contributed by atoms with Gasteiger partial charge in [-0.2, -0.15) is 0 Å². The molecule has 1 aliphatic rings. The fourth-order valence-electron chi connectivity index (χ4n) is 6.32. The third-order valence-corrected chi connectivity index (χ3v) is 8.96. The number of halogens is 11. The average Bonchev–Trinajstić information content (AvgIpc) is 3.98. The molecule has 0 radical (unpaired) electrons. The zero-order valence-electron chi connectivity index (χ0n) is 25.9. The minimum absolute atomic E-state index is 0.00457. The van der Waals surface area contributed by atoms with Gasteiger partial charge in [0.15, 0.2) is 46.5 Å². The third kappa shape index (κ3) is 5.13. The van der Waals surface area contributed by atoms with E-state index in [9.17, 15) is 31.4 Å². The summed E-state index contributed by atoms with van der Waals surface area (Å²) in [7, 11) is 0. The highest BCUT2D eigenvalue weighted by Gasteiger charge is 2.31. The predicted octanol–water partition coefficient (Wildman–Crippen LogP) is 11.4. The Morgan fingerprint density at radius 1 is 0.415 bits per heavy atom. The molecular weight excluding hydrogens is 742 g/mol. The Morgan fingerprint density at radius 2 is 0.792 bits per heavy atom. The van der Waals surface area contributed by atoms with Crippen molar-refractivity contribution < 1.29 is 49.0 Å². The first-order valence-electron chi connectivity index (χ1n) is 15.1. The Balaban J connectivity index is 1.62. The maximum atomic E-state index is 15.5. The number of nitrogens with one attached hydrogen (secondary N) is 3. The molecule has 5 heterocycles. The van der Waals surface area contributed by atoms with Gasteiger partial charge in [0.25, 0.3) is 0 Å². The van der Waals surface area contributed by atoms with Crippen molar-refractivity contribution in [1.82, 2.24) is 19.9 Å². The van der Waals surface area contributed by atoms with Gasteiger partial charge in [-0.3, -0.25) is 0 Å². The van der Waals surface area contributed by atoms with Gasteiger partial charge in [0.1, 0.15) is 5.75 Å². The fourth-order valence-corrected chi connectivity index (χ4v) is 6.50. The zero-order valence-corrected chi connectivity index (χ0v) is 26.7. The first-order chi connectivity index (χ1) is 25.3. The van der Waals surface area contributed by atoms with Crippen molar-refractivity contribution in [3.8, 4) is 39.1 Å². The van der Waals surface area contributed by atoms with Crippen molar-refractivity contribution in [3.63, 3.8) is 0 Å². The van der Waals surface area contributed by atoms with Crippen LogP contribution in [0.15, 0.2) is 54.6 Å². The number of rotatable bonds is 3. The molecule has 5 nitrogen and oxygen atoms in total. The maximum absolute atomic E-state index is 15.5. The first-order valence-corrected chi connectivity index (χ1v) is 15.5. The van der Waals surface area contributed by atoms with E-state index in [4.69, 9.17) is 11.6 Å². The number of H-pyrrole nitrogens is 3. The number of aromatic amines is 3. The van der Waals surface area contributed by atoms with E-state index in [0.29, 0.717) is 0 Å². The van der Waals surface area contributed by atoms with Gasteiger partial charge in [0, 0.05) is 54.9 Å². The van der Waals surface area contributed by atoms with Crippen molar-refractivity contribution in [2.75, 3.05) is 0 Å². The van der Waals surface area contributed by atoms with E-state index in [1.165, 1.54) is 66.7 Å². The van der Waals surface area contributed by atoms with Gasteiger partial charge in [-0.05, 0) is 66.7 Å². The highest BCUT2D eigenvalue weighted by Crippen LogP contribution is 2.42. The molecule has 1 aliphatic heterocycles. The van der Waals surface area contributed by atoms with Gasteiger partial charge < -0.3 is 20.1 Å². The van der Waals surface area contributed by atoms with Gasteiger partial charge in [-0.25, -0.2) is 48.9 Å². The molecular formula is C37H15ClF10N4O. The summed E-state index contributed by atoms with van der Waals surface area (Å²) in [6.45, 7) is 0. The molecule has 8 rings (SSSR count). The summed E-state index contributed by atoms with van der Waals surface area (Å²) in [6.07, 6.45) is 2.49. The second kappa shape index (κ2) is 12.2. The van der Waals surface area contributed by atoms with Crippen LogP contribution >= 0.6 is 11.6 Å². The molecule has 0 unspecified atom stereocenters. The Hall–Kier alpha value is -6.22. The summed E-state index contributed by atoms with van der Waals surface area (Å²) in [4.78, 5) is 12.9. The van der Waals surface area contributed by atoms with Gasteiger partial charge in [0.05, 0.1) is 28.0 Å². The molecule has 8 bridgehead atoms. The number of aromatic hydroxyl groups is 1. The summed E-state index contributed by atoms with van der Waals surface area (Å²) in [5, 5.41) is 11.1. The molecule has 0 saturated carbocycles. The van der Waals surface area contributed by atoms with Crippen LogP contribution in [-0.2, 0) is 0 Å². The largest absolute Gasteiger partial charge is 0.507 e. The first kappa shape index (κ1) is 33.9. The summed E-state index contributed by atoms with van der Waals surface area (Å²) < 4.78 is 149. The van der Waals surface area contributed by atoms with E-state index in [0.717, 1.165) is 0 Å². The fraction of sp³-hybridized carbons (Fsp3) is 0. The van der Waals surface area contributed by atoms with Crippen LogP contribution in [0.4, 0.5) is 43.9 Å². The maximum Gasteiger partial charge on any atom is 0.200 e. The molecule has 0 spiro atoms. The number of hydrogen-bond acceptors (Lipinski definition) is 2. The highest BCUT2D eigenvalue weighted by atomic mass is 35.5. The lowest BCUT2D eigenvalue weighted by molar-refractivity contribution is 0.381. The molecule has 0 saturated heterocycles. The number of nitrogens with zero attached hydrogens (tertiary/aromatic N) is 1. The lowest BCUT2D eigenvalue weighted by atomic mass is 10.0. The molecule has 16 heteroatoms. The van der Waals surface area contributed by atoms with E-state index in [2.05, 4.69) is 19.9 Å². The SMILES string of the molecule is Oc1ccc(Cl)cc1-c1c2ccc([nH]2)c(-c2c(F)c(F)c(F)c(F)c2F)c2nc(c3ccc([nH]3)c(-c3c(F)c(F)c(F)c(F)c3F)c3ccc1[nH]3)C=C2. The van der Waals surface area contributed by atoms with E-state index in [1.54, 1.807) is 0 Å². The van der Waals surface area contributed by atoms with Crippen LogP contribution in [0.25, 0.3) is 78.6 Å². The van der Waals surface area contributed by atoms with Crippen molar-refractivity contribution in [2.24, 2.45) is 0 Å². The molecule has 3 aromatic carbocycles. The van der Waals surface area contributed by atoms with Gasteiger partial charge >= 0.3 is 0 Å². The van der Waals surface area contributed by atoms with Crippen molar-refractivity contribution in [2.45, 2.75) is 0 Å². The van der Waals surface area contributed by atoms with Crippen LogP contribution < -0.4 is 0 Å². The Morgan fingerprint density at radius 3 is 1.30 bits per heavy atom. The lowest BCUT2D eigenvalue weighted by Crippen LogP contribution is -2.05. The number of benzene rings is 3. The zero-order chi connectivity index (χ0) is 37.6. The molecule has 0 aliphatic carbocycles. The third-order valence-electron chi connectivity index (χ3n) is 8.72. The topological polar surface area (TPSA) is 80.5 Å². The number of hydrogen-bond donors (Lipinski definition) is 4. The molecule has 0 fully saturated rings. The van der Waals surface area contributed by atoms with E-state index < -0.39 is 80.4 Å². The molecule has 53 heavy (non-hydrogen) atoms. The molecule has 4 N–H and O–H groups in total. The normalized spacial score (nSPS) is 12.1. The number of phenolic OH excluding ortho intramolecular Hbond substituents is 1. The van der Waals surface area contributed by atoms with Gasteiger partial charge in [0.2, 0.25) is 11.6 Å². The van der Waals surface area contributed by atoms with Crippen LogP contribution in [0.1, 0.15) is 11.4 Å². The predicted molar refractivity (Wildman–Crippen MR) is 178 cm³/mol. The monoisotopic (exact) mass is 756 g/mol. The van der Waals surface area contributed by atoms with Gasteiger partial charge in [-0.15, -0.1) is 0 Å². The Kier molecular flexibility index (Phi) is 7.80. The van der Waals surface area contributed by atoms with Crippen LogP contribution in [0.2, 0.25) is 5.02 Å². The lowest BCUT2D eigenvalue weighted by Gasteiger charge is -2.10. The van der Waals surface area contributed by atoms with Crippen LogP contribution in [-0.4, -0.2) is 25.0 Å². The Labute approximate surface area is 293 Å². The minimum atomic E-state index is -2.39.